The Kier molecular flexibility index (Phi) is 6.75. The summed E-state index contributed by atoms with van der Waals surface area (Å²) in [5, 5.41) is 4.30. The van der Waals surface area contributed by atoms with E-state index < -0.39 is 0 Å². The van der Waals surface area contributed by atoms with Crippen molar-refractivity contribution in [1.82, 2.24) is 5.43 Å². The summed E-state index contributed by atoms with van der Waals surface area (Å²) in [6, 6.07) is 17.6. The van der Waals surface area contributed by atoms with Gasteiger partial charge in [0.25, 0.3) is 5.91 Å². The zero-order valence-electron chi connectivity index (χ0n) is 15.3. The SMILES string of the molecule is CC(C)/C(=N\NC(=O)COc1ccccc1C(C)C)c1ccccc1. The molecule has 0 saturated heterocycles. The molecule has 0 unspecified atom stereocenters. The number of benzene rings is 2. The van der Waals surface area contributed by atoms with Crippen LogP contribution in [0.2, 0.25) is 0 Å². The first-order chi connectivity index (χ1) is 12.0. The minimum atomic E-state index is -0.271. The van der Waals surface area contributed by atoms with E-state index in [0.717, 1.165) is 22.6 Å². The van der Waals surface area contributed by atoms with Gasteiger partial charge in [-0.05, 0) is 29.0 Å². The van der Waals surface area contributed by atoms with E-state index in [1.165, 1.54) is 0 Å². The molecule has 132 valence electrons. The van der Waals surface area contributed by atoms with Crippen molar-refractivity contribution in [2.45, 2.75) is 33.6 Å². The van der Waals surface area contributed by atoms with Crippen molar-refractivity contribution in [2.24, 2.45) is 11.0 Å². The lowest BCUT2D eigenvalue weighted by Gasteiger charge is -2.14. The molecule has 2 aromatic rings. The van der Waals surface area contributed by atoms with Crippen LogP contribution in [0.15, 0.2) is 59.7 Å². The van der Waals surface area contributed by atoms with Gasteiger partial charge in [0, 0.05) is 0 Å². The highest BCUT2D eigenvalue weighted by Crippen LogP contribution is 2.25. The van der Waals surface area contributed by atoms with Crippen LogP contribution in [0.1, 0.15) is 44.7 Å². The summed E-state index contributed by atoms with van der Waals surface area (Å²) < 4.78 is 5.68. The third-order valence-electron chi connectivity index (χ3n) is 3.82. The van der Waals surface area contributed by atoms with Gasteiger partial charge < -0.3 is 4.74 Å². The average molecular weight is 338 g/mol. The Bertz CT molecular complexity index is 722. The number of hydrogen-bond donors (Lipinski definition) is 1. The quantitative estimate of drug-likeness (QED) is 0.602. The first-order valence-electron chi connectivity index (χ1n) is 8.62. The Balaban J connectivity index is 2.00. The molecule has 0 radical (unpaired) electrons. The van der Waals surface area contributed by atoms with Crippen LogP contribution in [0.3, 0.4) is 0 Å². The molecule has 0 atom stereocenters. The summed E-state index contributed by atoms with van der Waals surface area (Å²) in [5.74, 6) is 1.00. The molecular weight excluding hydrogens is 312 g/mol. The summed E-state index contributed by atoms with van der Waals surface area (Å²) in [6.45, 7) is 8.23. The second-order valence-corrected chi connectivity index (χ2v) is 6.53. The monoisotopic (exact) mass is 338 g/mol. The van der Waals surface area contributed by atoms with Gasteiger partial charge in [0.15, 0.2) is 6.61 Å². The lowest BCUT2D eigenvalue weighted by molar-refractivity contribution is -0.123. The van der Waals surface area contributed by atoms with E-state index in [2.05, 4.69) is 24.4 Å². The summed E-state index contributed by atoms with van der Waals surface area (Å²) in [5.41, 5.74) is 5.54. The normalized spacial score (nSPS) is 11.7. The Morgan fingerprint density at radius 2 is 1.64 bits per heavy atom. The van der Waals surface area contributed by atoms with Crippen LogP contribution in [-0.2, 0) is 4.79 Å². The Morgan fingerprint density at radius 1 is 1.00 bits per heavy atom. The van der Waals surface area contributed by atoms with Gasteiger partial charge in [0.05, 0.1) is 5.71 Å². The van der Waals surface area contributed by atoms with Crippen molar-refractivity contribution >= 4 is 11.6 Å². The Hall–Kier alpha value is -2.62. The molecule has 4 heteroatoms. The molecule has 2 rings (SSSR count). The highest BCUT2D eigenvalue weighted by atomic mass is 16.5. The smallest absolute Gasteiger partial charge is 0.277 e. The number of carbonyl (C=O) groups is 1. The van der Waals surface area contributed by atoms with Crippen LogP contribution in [0.5, 0.6) is 5.75 Å². The molecular formula is C21H26N2O2. The van der Waals surface area contributed by atoms with E-state index in [0.29, 0.717) is 5.92 Å². The molecule has 0 spiro atoms. The minimum absolute atomic E-state index is 0.0621. The number of carbonyl (C=O) groups excluding carboxylic acids is 1. The minimum Gasteiger partial charge on any atom is -0.483 e. The maximum absolute atomic E-state index is 12.1. The maximum atomic E-state index is 12.1. The molecule has 0 aliphatic rings. The van der Waals surface area contributed by atoms with Crippen LogP contribution < -0.4 is 10.2 Å². The van der Waals surface area contributed by atoms with E-state index in [4.69, 9.17) is 4.74 Å². The van der Waals surface area contributed by atoms with E-state index >= 15 is 0 Å². The average Bonchev–Trinajstić information content (AvgIpc) is 2.61. The fraction of sp³-hybridized carbons (Fsp3) is 0.333. The molecule has 0 fully saturated rings. The van der Waals surface area contributed by atoms with E-state index in [1.54, 1.807) is 0 Å². The summed E-state index contributed by atoms with van der Waals surface area (Å²) in [6.07, 6.45) is 0. The number of ether oxygens (including phenoxy) is 1. The Morgan fingerprint density at radius 3 is 2.28 bits per heavy atom. The molecule has 0 saturated carbocycles. The summed E-state index contributed by atoms with van der Waals surface area (Å²) in [4.78, 5) is 12.1. The van der Waals surface area contributed by atoms with Gasteiger partial charge in [-0.25, -0.2) is 5.43 Å². The Labute approximate surface area is 149 Å². The number of para-hydroxylation sites is 1. The van der Waals surface area contributed by atoms with Crippen LogP contribution in [0.25, 0.3) is 0 Å². The molecule has 1 N–H and O–H groups in total. The number of hydrogen-bond acceptors (Lipinski definition) is 3. The van der Waals surface area contributed by atoms with Gasteiger partial charge in [-0.3, -0.25) is 4.79 Å². The van der Waals surface area contributed by atoms with Crippen molar-refractivity contribution in [3.05, 3.63) is 65.7 Å². The predicted octanol–water partition coefficient (Wildman–Crippen LogP) is 4.37. The lowest BCUT2D eigenvalue weighted by Crippen LogP contribution is -2.27. The zero-order valence-corrected chi connectivity index (χ0v) is 15.3. The topological polar surface area (TPSA) is 50.7 Å². The van der Waals surface area contributed by atoms with Gasteiger partial charge in [-0.15, -0.1) is 0 Å². The molecule has 4 nitrogen and oxygen atoms in total. The highest BCUT2D eigenvalue weighted by Gasteiger charge is 2.11. The van der Waals surface area contributed by atoms with Gasteiger partial charge in [-0.1, -0.05) is 76.2 Å². The van der Waals surface area contributed by atoms with E-state index in [-0.39, 0.29) is 18.4 Å². The molecule has 0 aliphatic carbocycles. The fourth-order valence-corrected chi connectivity index (χ4v) is 2.52. The highest BCUT2D eigenvalue weighted by molar-refractivity contribution is 6.02. The number of nitrogens with one attached hydrogen (secondary N) is 1. The third kappa shape index (κ3) is 5.45. The third-order valence-corrected chi connectivity index (χ3v) is 3.82. The van der Waals surface area contributed by atoms with Crippen molar-refractivity contribution in [2.75, 3.05) is 6.61 Å². The van der Waals surface area contributed by atoms with Crippen molar-refractivity contribution < 1.29 is 9.53 Å². The fourth-order valence-electron chi connectivity index (χ4n) is 2.52. The number of amides is 1. The summed E-state index contributed by atoms with van der Waals surface area (Å²) >= 11 is 0. The van der Waals surface area contributed by atoms with Gasteiger partial charge in [0.2, 0.25) is 0 Å². The molecule has 0 heterocycles. The molecule has 25 heavy (non-hydrogen) atoms. The van der Waals surface area contributed by atoms with E-state index in [1.807, 2.05) is 68.4 Å². The second-order valence-electron chi connectivity index (χ2n) is 6.53. The van der Waals surface area contributed by atoms with Gasteiger partial charge in [0.1, 0.15) is 5.75 Å². The van der Waals surface area contributed by atoms with Crippen molar-refractivity contribution in [1.29, 1.82) is 0 Å². The number of nitrogens with zero attached hydrogens (tertiary/aromatic N) is 1. The first-order valence-corrected chi connectivity index (χ1v) is 8.62. The molecule has 2 aromatic carbocycles. The number of rotatable bonds is 7. The molecule has 0 aliphatic heterocycles. The lowest BCUT2D eigenvalue weighted by atomic mass is 10.0. The molecule has 1 amide bonds. The van der Waals surface area contributed by atoms with Crippen molar-refractivity contribution in [3.8, 4) is 5.75 Å². The van der Waals surface area contributed by atoms with Gasteiger partial charge >= 0.3 is 0 Å². The van der Waals surface area contributed by atoms with Gasteiger partial charge in [-0.2, -0.15) is 5.10 Å². The van der Waals surface area contributed by atoms with E-state index in [9.17, 15) is 4.79 Å². The van der Waals surface area contributed by atoms with Crippen LogP contribution in [0.4, 0.5) is 0 Å². The first kappa shape index (κ1) is 18.7. The predicted molar refractivity (Wildman–Crippen MR) is 102 cm³/mol. The number of hydrazone groups is 1. The molecule has 0 aromatic heterocycles. The molecule has 0 bridgehead atoms. The van der Waals surface area contributed by atoms with Crippen LogP contribution in [-0.4, -0.2) is 18.2 Å². The van der Waals surface area contributed by atoms with Crippen molar-refractivity contribution in [3.63, 3.8) is 0 Å². The standard InChI is InChI=1S/C21H26N2O2/c1-15(2)18-12-8-9-13-19(18)25-14-20(24)22-23-21(16(3)4)17-10-6-5-7-11-17/h5-13,15-16H,14H2,1-4H3,(H,22,24)/b23-21+. The summed E-state index contributed by atoms with van der Waals surface area (Å²) in [7, 11) is 0. The van der Waals surface area contributed by atoms with Crippen LogP contribution in [0, 0.1) is 5.92 Å². The second kappa shape index (κ2) is 9.02. The zero-order chi connectivity index (χ0) is 18.2. The maximum Gasteiger partial charge on any atom is 0.277 e. The largest absolute Gasteiger partial charge is 0.483 e. The van der Waals surface area contributed by atoms with Crippen LogP contribution >= 0.6 is 0 Å².